The second-order valence-electron chi connectivity index (χ2n) is 3.85. The number of nitrogens with zero attached hydrogens (tertiary/aromatic N) is 1. The van der Waals surface area contributed by atoms with Crippen LogP contribution in [0.15, 0.2) is 22.8 Å². The van der Waals surface area contributed by atoms with Gasteiger partial charge in [-0.15, -0.1) is 0 Å². The first-order chi connectivity index (χ1) is 8.54. The zero-order chi connectivity index (χ0) is 13.3. The average molecular weight is 329 g/mol. The molecule has 5 heteroatoms. The number of esters is 1. The Bertz CT molecular complexity index is 628. The number of aromatic nitrogens is 1. The highest BCUT2D eigenvalue weighted by atomic mass is 79.9. The molecule has 1 heterocycles. The van der Waals surface area contributed by atoms with E-state index in [2.05, 4.69) is 20.9 Å². The standard InChI is InChI=1S/C13H11BrClNO2/c1-3-18-13(17)9-6-16-12-8(11(9)15)4-7(2)5-10(12)14/h4-6H,3H2,1-2H3. The molecule has 0 spiro atoms. The zero-order valence-corrected chi connectivity index (χ0v) is 12.3. The van der Waals surface area contributed by atoms with Crippen LogP contribution in [-0.4, -0.2) is 17.6 Å². The Balaban J connectivity index is 2.67. The molecule has 0 saturated heterocycles. The lowest BCUT2D eigenvalue weighted by Gasteiger charge is -2.08. The van der Waals surface area contributed by atoms with E-state index in [1.54, 1.807) is 6.92 Å². The maximum Gasteiger partial charge on any atom is 0.341 e. The van der Waals surface area contributed by atoms with E-state index in [0.29, 0.717) is 17.2 Å². The molecule has 94 valence electrons. The number of aryl methyl sites for hydroxylation is 1. The Labute approximate surface area is 118 Å². The van der Waals surface area contributed by atoms with Crippen LogP contribution in [0.3, 0.4) is 0 Å². The lowest BCUT2D eigenvalue weighted by Crippen LogP contribution is -2.06. The second kappa shape index (κ2) is 5.24. The Morgan fingerprint density at radius 1 is 1.50 bits per heavy atom. The summed E-state index contributed by atoms with van der Waals surface area (Å²) < 4.78 is 5.80. The predicted molar refractivity (Wildman–Crippen MR) is 75.1 cm³/mol. The average Bonchev–Trinajstić information content (AvgIpc) is 2.30. The van der Waals surface area contributed by atoms with Crippen molar-refractivity contribution in [3.05, 3.63) is 39.0 Å². The van der Waals surface area contributed by atoms with Crippen molar-refractivity contribution in [2.75, 3.05) is 6.61 Å². The Hall–Kier alpha value is -1.13. The zero-order valence-electron chi connectivity index (χ0n) is 9.96. The van der Waals surface area contributed by atoms with Crippen molar-refractivity contribution in [1.82, 2.24) is 4.98 Å². The highest BCUT2D eigenvalue weighted by molar-refractivity contribution is 9.10. The molecule has 18 heavy (non-hydrogen) atoms. The maximum atomic E-state index is 11.7. The van der Waals surface area contributed by atoms with Crippen LogP contribution >= 0.6 is 27.5 Å². The first-order valence-corrected chi connectivity index (χ1v) is 6.63. The fourth-order valence-electron chi connectivity index (χ4n) is 1.72. The van der Waals surface area contributed by atoms with Crippen LogP contribution < -0.4 is 0 Å². The van der Waals surface area contributed by atoms with E-state index in [9.17, 15) is 4.79 Å². The molecule has 0 aliphatic rings. The van der Waals surface area contributed by atoms with E-state index in [1.165, 1.54) is 6.20 Å². The Kier molecular flexibility index (Phi) is 3.88. The van der Waals surface area contributed by atoms with Crippen LogP contribution in [0.5, 0.6) is 0 Å². The summed E-state index contributed by atoms with van der Waals surface area (Å²) in [4.78, 5) is 16.0. The molecule has 0 aliphatic heterocycles. The third kappa shape index (κ3) is 2.35. The highest BCUT2D eigenvalue weighted by Gasteiger charge is 2.16. The van der Waals surface area contributed by atoms with Crippen LogP contribution in [0.1, 0.15) is 22.8 Å². The van der Waals surface area contributed by atoms with E-state index in [-0.39, 0.29) is 0 Å². The number of benzene rings is 1. The third-order valence-electron chi connectivity index (χ3n) is 2.50. The number of ether oxygens (including phenoxy) is 1. The topological polar surface area (TPSA) is 39.2 Å². The van der Waals surface area contributed by atoms with Crippen molar-refractivity contribution < 1.29 is 9.53 Å². The molecule has 0 fully saturated rings. The quantitative estimate of drug-likeness (QED) is 0.778. The van der Waals surface area contributed by atoms with Crippen LogP contribution in [0.25, 0.3) is 10.9 Å². The molecule has 0 N–H and O–H groups in total. The molecule has 2 rings (SSSR count). The summed E-state index contributed by atoms with van der Waals surface area (Å²) in [5.41, 5.74) is 2.07. The van der Waals surface area contributed by atoms with Crippen LogP contribution in [0.4, 0.5) is 0 Å². The van der Waals surface area contributed by atoms with Gasteiger partial charge in [-0.3, -0.25) is 4.98 Å². The van der Waals surface area contributed by atoms with E-state index in [1.807, 2.05) is 19.1 Å². The minimum Gasteiger partial charge on any atom is -0.462 e. The van der Waals surface area contributed by atoms with E-state index in [4.69, 9.17) is 16.3 Å². The van der Waals surface area contributed by atoms with Crippen LogP contribution in [0, 0.1) is 6.92 Å². The Morgan fingerprint density at radius 2 is 2.22 bits per heavy atom. The molecule has 0 radical (unpaired) electrons. The second-order valence-corrected chi connectivity index (χ2v) is 5.08. The fourth-order valence-corrected chi connectivity index (χ4v) is 2.66. The smallest absolute Gasteiger partial charge is 0.341 e. The first kappa shape index (κ1) is 13.3. The number of carbonyl (C=O) groups is 1. The van der Waals surface area contributed by atoms with Crippen LogP contribution in [-0.2, 0) is 4.74 Å². The van der Waals surface area contributed by atoms with Gasteiger partial charge in [0.1, 0.15) is 0 Å². The molecule has 2 aromatic rings. The first-order valence-electron chi connectivity index (χ1n) is 5.46. The van der Waals surface area contributed by atoms with Gasteiger partial charge in [-0.2, -0.15) is 0 Å². The number of pyridine rings is 1. The van der Waals surface area contributed by atoms with Crippen molar-refractivity contribution in [2.24, 2.45) is 0 Å². The summed E-state index contributed by atoms with van der Waals surface area (Å²) in [5.74, 6) is -0.450. The van der Waals surface area contributed by atoms with Crippen molar-refractivity contribution in [3.63, 3.8) is 0 Å². The van der Waals surface area contributed by atoms with Gasteiger partial charge in [0.15, 0.2) is 0 Å². The lowest BCUT2D eigenvalue weighted by molar-refractivity contribution is 0.0526. The number of fused-ring (bicyclic) bond motifs is 1. The van der Waals surface area contributed by atoms with Gasteiger partial charge in [0.2, 0.25) is 0 Å². The van der Waals surface area contributed by atoms with Gasteiger partial charge in [0.25, 0.3) is 0 Å². The number of halogens is 2. The van der Waals surface area contributed by atoms with Crippen molar-refractivity contribution >= 4 is 44.4 Å². The lowest BCUT2D eigenvalue weighted by atomic mass is 10.1. The summed E-state index contributed by atoms with van der Waals surface area (Å²) in [6.07, 6.45) is 1.45. The normalized spacial score (nSPS) is 10.7. The predicted octanol–water partition coefficient (Wildman–Crippen LogP) is 4.14. The van der Waals surface area contributed by atoms with Gasteiger partial charge in [0.05, 0.1) is 22.7 Å². The minimum atomic E-state index is -0.450. The summed E-state index contributed by atoms with van der Waals surface area (Å²) in [7, 11) is 0. The summed E-state index contributed by atoms with van der Waals surface area (Å²) in [5, 5.41) is 1.12. The molecular formula is C13H11BrClNO2. The number of hydrogen-bond acceptors (Lipinski definition) is 3. The van der Waals surface area contributed by atoms with Crippen molar-refractivity contribution in [2.45, 2.75) is 13.8 Å². The molecule has 0 saturated carbocycles. The molecule has 1 aromatic heterocycles. The molecule has 0 amide bonds. The fraction of sp³-hybridized carbons (Fsp3) is 0.231. The van der Waals surface area contributed by atoms with E-state index in [0.717, 1.165) is 20.9 Å². The van der Waals surface area contributed by atoms with E-state index >= 15 is 0 Å². The minimum absolute atomic E-state index is 0.295. The van der Waals surface area contributed by atoms with Crippen LogP contribution in [0.2, 0.25) is 5.02 Å². The molecule has 3 nitrogen and oxygen atoms in total. The molecule has 0 bridgehead atoms. The summed E-state index contributed by atoms with van der Waals surface area (Å²) >= 11 is 9.69. The highest BCUT2D eigenvalue weighted by Crippen LogP contribution is 2.31. The number of carbonyl (C=O) groups excluding carboxylic acids is 1. The maximum absolute atomic E-state index is 11.7. The van der Waals surface area contributed by atoms with Gasteiger partial charge < -0.3 is 4.74 Å². The van der Waals surface area contributed by atoms with Gasteiger partial charge in [0, 0.05) is 16.1 Å². The van der Waals surface area contributed by atoms with Crippen molar-refractivity contribution in [3.8, 4) is 0 Å². The molecule has 0 aliphatic carbocycles. The van der Waals surface area contributed by atoms with E-state index < -0.39 is 5.97 Å². The Morgan fingerprint density at radius 3 is 2.89 bits per heavy atom. The molecule has 0 atom stereocenters. The molecular weight excluding hydrogens is 318 g/mol. The summed E-state index contributed by atoms with van der Waals surface area (Å²) in [6, 6.07) is 3.86. The SMILES string of the molecule is CCOC(=O)c1cnc2c(Br)cc(C)cc2c1Cl. The number of hydrogen-bond donors (Lipinski definition) is 0. The largest absolute Gasteiger partial charge is 0.462 e. The van der Waals surface area contributed by atoms with Gasteiger partial charge in [-0.25, -0.2) is 4.79 Å². The molecule has 0 unspecified atom stereocenters. The third-order valence-corrected chi connectivity index (χ3v) is 3.51. The van der Waals surface area contributed by atoms with Gasteiger partial charge in [-0.1, -0.05) is 11.6 Å². The van der Waals surface area contributed by atoms with Gasteiger partial charge >= 0.3 is 5.97 Å². The monoisotopic (exact) mass is 327 g/mol. The molecule has 1 aromatic carbocycles. The van der Waals surface area contributed by atoms with Gasteiger partial charge in [-0.05, 0) is 47.5 Å². The van der Waals surface area contributed by atoms with Crippen molar-refractivity contribution in [1.29, 1.82) is 0 Å². The summed E-state index contributed by atoms with van der Waals surface area (Å²) in [6.45, 7) is 4.02. The number of rotatable bonds is 2.